The van der Waals surface area contributed by atoms with E-state index in [2.05, 4.69) is 36.2 Å². The van der Waals surface area contributed by atoms with Gasteiger partial charge >= 0.3 is 6.18 Å². The Morgan fingerprint density at radius 1 is 1.06 bits per heavy atom. The highest BCUT2D eigenvalue weighted by atomic mass is 31.1. The zero-order valence-electron chi connectivity index (χ0n) is 20.2. The van der Waals surface area contributed by atoms with E-state index in [0.29, 0.717) is 12.0 Å². The first-order valence-corrected chi connectivity index (χ1v) is 13.3. The van der Waals surface area contributed by atoms with Crippen LogP contribution in [0.15, 0.2) is 71.0 Å². The number of alkyl halides is 3. The zero-order chi connectivity index (χ0) is 25.5. The molecule has 1 fully saturated rings. The van der Waals surface area contributed by atoms with Gasteiger partial charge in [0.2, 0.25) is 6.41 Å². The van der Waals surface area contributed by atoms with E-state index in [4.69, 9.17) is 9.56 Å². The smallest absolute Gasteiger partial charge is 0.372 e. The van der Waals surface area contributed by atoms with Crippen LogP contribution in [0.4, 0.5) is 13.2 Å². The number of hydrogen-bond donors (Lipinski definition) is 2. The zero-order valence-corrected chi connectivity index (χ0v) is 21.1. The van der Waals surface area contributed by atoms with Crippen LogP contribution in [0, 0.1) is 0 Å². The lowest BCUT2D eigenvalue weighted by Gasteiger charge is -2.44. The van der Waals surface area contributed by atoms with E-state index in [1.54, 1.807) is 6.07 Å². The molecule has 4 nitrogen and oxygen atoms in total. The number of amides is 1. The average molecular weight is 504 g/mol. The number of nitrogens with two attached hydrogens (primary N) is 1. The molecular weight excluding hydrogens is 470 g/mol. The van der Waals surface area contributed by atoms with E-state index in [-0.39, 0.29) is 12.5 Å². The Morgan fingerprint density at radius 2 is 1.69 bits per heavy atom. The molecule has 0 aromatic heterocycles. The molecule has 4 rings (SSSR count). The second-order valence-corrected chi connectivity index (χ2v) is 11.2. The Balaban J connectivity index is 0.00000108. The molecule has 0 saturated heterocycles. The molecule has 1 aliphatic heterocycles. The summed E-state index contributed by atoms with van der Waals surface area (Å²) in [5, 5.41) is 3.25. The maximum atomic E-state index is 13.7. The van der Waals surface area contributed by atoms with Crippen molar-refractivity contribution in [2.24, 2.45) is 10.5 Å². The van der Waals surface area contributed by atoms with Gasteiger partial charge in [-0.15, -0.1) is 0 Å². The second-order valence-electron chi connectivity index (χ2n) is 9.15. The van der Waals surface area contributed by atoms with Crippen molar-refractivity contribution in [3.63, 3.8) is 0 Å². The summed E-state index contributed by atoms with van der Waals surface area (Å²) in [5.41, 5.74) is 7.57. The van der Waals surface area contributed by atoms with Gasteiger partial charge in [0.1, 0.15) is 0 Å². The van der Waals surface area contributed by atoms with Crippen molar-refractivity contribution in [1.29, 1.82) is 0 Å². The van der Waals surface area contributed by atoms with Crippen LogP contribution < -0.4 is 11.1 Å². The minimum Gasteiger partial charge on any atom is -0.372 e. The first kappa shape index (κ1) is 27.1. The van der Waals surface area contributed by atoms with Crippen LogP contribution in [0.1, 0.15) is 56.2 Å². The summed E-state index contributed by atoms with van der Waals surface area (Å²) in [5.74, 6) is 0. The van der Waals surface area contributed by atoms with Crippen molar-refractivity contribution in [2.45, 2.75) is 63.4 Å². The Labute approximate surface area is 206 Å². The standard InChI is InChI=1S/C26H30F3N2P.CH3NO/c1-19-15-20(2)31-32(18-19)25(30-24-13-6-7-14-24,17-21-9-4-3-5-10-21)22-11-8-12-23(16-22)26(27,28)29;2-1-3/h3-5,8-12,15-16,24,30H,6-7,13-14,17-18H2,1-2H3;1H,(H2,2,3). The molecule has 3 N–H and O–H groups in total. The van der Waals surface area contributed by atoms with Crippen molar-refractivity contribution in [1.82, 2.24) is 5.32 Å². The SMILES string of the molecule is CC1=CC(C)=NP(C(Cc2ccccc2)(NC2CCCC2)c2cccc(C(F)(F)F)c2)C1.NC=O. The molecule has 0 spiro atoms. The molecule has 0 bridgehead atoms. The number of nitrogens with one attached hydrogen (secondary N) is 1. The predicted molar refractivity (Wildman–Crippen MR) is 138 cm³/mol. The molecule has 188 valence electrons. The lowest BCUT2D eigenvalue weighted by Crippen LogP contribution is -2.48. The third kappa shape index (κ3) is 7.02. The van der Waals surface area contributed by atoms with Crippen LogP contribution in [-0.4, -0.2) is 24.3 Å². The average Bonchev–Trinajstić information content (AvgIpc) is 3.32. The number of benzene rings is 2. The van der Waals surface area contributed by atoms with E-state index < -0.39 is 25.1 Å². The summed E-state index contributed by atoms with van der Waals surface area (Å²) >= 11 is 0. The fourth-order valence-electron chi connectivity index (χ4n) is 4.92. The molecule has 2 unspecified atom stereocenters. The number of nitrogens with zero attached hydrogens (tertiary/aromatic N) is 1. The van der Waals surface area contributed by atoms with Gasteiger partial charge in [-0.3, -0.25) is 14.9 Å². The fraction of sp³-hybridized carbons (Fsp3) is 0.407. The fourth-order valence-corrected chi connectivity index (χ4v) is 7.56. The van der Waals surface area contributed by atoms with E-state index in [0.717, 1.165) is 43.1 Å². The van der Waals surface area contributed by atoms with E-state index >= 15 is 0 Å². The van der Waals surface area contributed by atoms with Crippen LogP contribution >= 0.6 is 8.07 Å². The van der Waals surface area contributed by atoms with E-state index in [9.17, 15) is 13.2 Å². The topological polar surface area (TPSA) is 67.5 Å². The van der Waals surface area contributed by atoms with Crippen molar-refractivity contribution in [3.8, 4) is 0 Å². The van der Waals surface area contributed by atoms with Crippen LogP contribution in [0.25, 0.3) is 0 Å². The van der Waals surface area contributed by atoms with Crippen LogP contribution in [-0.2, 0) is 22.7 Å². The summed E-state index contributed by atoms with van der Waals surface area (Å²) in [6, 6.07) is 16.3. The quantitative estimate of drug-likeness (QED) is 0.347. The first-order chi connectivity index (χ1) is 16.7. The highest BCUT2D eigenvalue weighted by Crippen LogP contribution is 2.60. The first-order valence-electron chi connectivity index (χ1n) is 11.8. The Morgan fingerprint density at radius 3 is 2.29 bits per heavy atom. The van der Waals surface area contributed by atoms with Crippen LogP contribution in [0.5, 0.6) is 0 Å². The molecule has 2 atom stereocenters. The molecule has 2 aliphatic rings. The molecule has 1 heterocycles. The monoisotopic (exact) mass is 503 g/mol. The number of carbonyl (C=O) groups excluding carboxylic acids is 1. The largest absolute Gasteiger partial charge is 0.416 e. The van der Waals surface area contributed by atoms with Gasteiger partial charge in [0.25, 0.3) is 0 Å². The summed E-state index contributed by atoms with van der Waals surface area (Å²) in [6.07, 6.45) is 3.77. The molecule has 35 heavy (non-hydrogen) atoms. The third-order valence-electron chi connectivity index (χ3n) is 6.34. The van der Waals surface area contributed by atoms with Crippen molar-refractivity contribution in [3.05, 3.63) is 82.9 Å². The maximum Gasteiger partial charge on any atom is 0.416 e. The summed E-state index contributed by atoms with van der Waals surface area (Å²) in [6.45, 7) is 4.09. The second kappa shape index (κ2) is 12.0. The van der Waals surface area contributed by atoms with Crippen molar-refractivity contribution < 1.29 is 18.0 Å². The number of rotatable bonds is 6. The molecule has 1 aliphatic carbocycles. The summed E-state index contributed by atoms with van der Waals surface area (Å²) in [4.78, 5) is 8.58. The molecule has 2 aromatic carbocycles. The lowest BCUT2D eigenvalue weighted by atomic mass is 9.95. The minimum atomic E-state index is -4.38. The van der Waals surface area contributed by atoms with Gasteiger partial charge in [0.15, 0.2) is 0 Å². The number of carbonyl (C=O) groups is 1. The number of primary amides is 1. The van der Waals surface area contributed by atoms with Gasteiger partial charge in [-0.05, 0) is 56.0 Å². The Hall–Kier alpha value is -2.50. The maximum absolute atomic E-state index is 13.7. The molecule has 1 saturated carbocycles. The molecule has 2 aromatic rings. The van der Waals surface area contributed by atoms with Gasteiger partial charge in [-0.1, -0.05) is 60.9 Å². The summed E-state index contributed by atoms with van der Waals surface area (Å²) in [7, 11) is -1.02. The van der Waals surface area contributed by atoms with E-state index in [1.807, 2.05) is 31.2 Å². The van der Waals surface area contributed by atoms with Crippen molar-refractivity contribution in [2.75, 3.05) is 6.16 Å². The van der Waals surface area contributed by atoms with Crippen LogP contribution in [0.2, 0.25) is 0 Å². The highest BCUT2D eigenvalue weighted by molar-refractivity contribution is 7.58. The van der Waals surface area contributed by atoms with Crippen molar-refractivity contribution >= 4 is 20.2 Å². The molecular formula is C27H33F3N3OP. The Kier molecular flexibility index (Phi) is 9.26. The molecule has 0 radical (unpaired) electrons. The molecule has 8 heteroatoms. The Bertz CT molecular complexity index is 1050. The molecule has 1 amide bonds. The number of allylic oxidation sites excluding steroid dienone is 2. The van der Waals surface area contributed by atoms with Gasteiger partial charge in [-0.2, -0.15) is 13.2 Å². The lowest BCUT2D eigenvalue weighted by molar-refractivity contribution is -0.137. The van der Waals surface area contributed by atoms with E-state index in [1.165, 1.54) is 17.7 Å². The minimum absolute atomic E-state index is 0.250. The normalized spacial score (nSPS) is 20.2. The van der Waals surface area contributed by atoms with Crippen LogP contribution in [0.3, 0.4) is 0 Å². The van der Waals surface area contributed by atoms with Gasteiger partial charge in [0.05, 0.1) is 10.8 Å². The highest BCUT2D eigenvalue weighted by Gasteiger charge is 2.44. The summed E-state index contributed by atoms with van der Waals surface area (Å²) < 4.78 is 46.2. The van der Waals surface area contributed by atoms with Gasteiger partial charge in [0, 0.05) is 32.4 Å². The number of hydrogen-bond acceptors (Lipinski definition) is 3. The predicted octanol–water partition coefficient (Wildman–Crippen LogP) is 6.55. The third-order valence-corrected chi connectivity index (χ3v) is 9.12. The van der Waals surface area contributed by atoms with Gasteiger partial charge < -0.3 is 5.73 Å². The number of halogens is 3. The van der Waals surface area contributed by atoms with Gasteiger partial charge in [-0.25, -0.2) is 0 Å².